The van der Waals surface area contributed by atoms with Crippen molar-refractivity contribution in [3.05, 3.63) is 108 Å². The molecule has 3 aromatic rings. The average molecular weight is 464 g/mol. The Bertz CT molecular complexity index is 938. The molecule has 33 heavy (non-hydrogen) atoms. The zero-order valence-corrected chi connectivity index (χ0v) is 19.9. The lowest BCUT2D eigenvalue weighted by atomic mass is 10.00. The maximum absolute atomic E-state index is 10.6. The number of epoxide rings is 1. The van der Waals surface area contributed by atoms with Crippen molar-refractivity contribution in [1.82, 2.24) is 4.90 Å². The van der Waals surface area contributed by atoms with Gasteiger partial charge in [-0.15, -0.1) is 11.6 Å². The summed E-state index contributed by atoms with van der Waals surface area (Å²) in [4.78, 5) is 2.41. The molecule has 0 radical (unpaired) electrons. The van der Waals surface area contributed by atoms with Crippen LogP contribution in [-0.4, -0.2) is 34.6 Å². The van der Waals surface area contributed by atoms with E-state index in [1.165, 1.54) is 17.5 Å². The zero-order chi connectivity index (χ0) is 22.9. The minimum atomic E-state index is -0.387. The van der Waals surface area contributed by atoms with Gasteiger partial charge in [-0.05, 0) is 48.9 Å². The third kappa shape index (κ3) is 6.91. The van der Waals surface area contributed by atoms with Crippen molar-refractivity contribution in [2.75, 3.05) is 12.4 Å². The fraction of sp³-hybridized carbons (Fsp3) is 0.379. The van der Waals surface area contributed by atoms with Gasteiger partial charge < -0.3 is 9.84 Å². The van der Waals surface area contributed by atoms with Crippen molar-refractivity contribution in [3.8, 4) is 0 Å². The standard InChI is InChI=1S/C18H21NO.C11H13ClO/c20-18(16-10-5-2-6-11-16)17-12-7-13-19(17)14-15-8-3-1-4-9-15;12-8-4-7-10-11(13-10)9-5-2-1-3-6-9/h1-6,8-11,17-18,20H,7,12-14H2;1-3,5-6,10-11H,4,7-8H2. The molecule has 3 aromatic carbocycles. The van der Waals surface area contributed by atoms with Crippen LogP contribution in [0.4, 0.5) is 0 Å². The van der Waals surface area contributed by atoms with Crippen LogP contribution in [0.5, 0.6) is 0 Å². The fourth-order valence-electron chi connectivity index (χ4n) is 4.67. The molecule has 4 atom stereocenters. The molecular formula is C29H34ClNO2. The molecule has 0 aromatic heterocycles. The molecule has 2 fully saturated rings. The Labute approximate surface area is 203 Å². The summed E-state index contributed by atoms with van der Waals surface area (Å²) in [5, 5.41) is 10.6. The molecule has 4 unspecified atom stereocenters. The van der Waals surface area contributed by atoms with Gasteiger partial charge in [-0.1, -0.05) is 91.0 Å². The largest absolute Gasteiger partial charge is 0.387 e. The molecular weight excluding hydrogens is 430 g/mol. The smallest absolute Gasteiger partial charge is 0.109 e. The Morgan fingerprint density at radius 3 is 2.21 bits per heavy atom. The van der Waals surface area contributed by atoms with Gasteiger partial charge in [-0.25, -0.2) is 0 Å². The first kappa shape index (κ1) is 24.0. The lowest BCUT2D eigenvalue weighted by Gasteiger charge is -2.29. The summed E-state index contributed by atoms with van der Waals surface area (Å²) >= 11 is 5.61. The number of aliphatic hydroxyl groups excluding tert-OH is 1. The van der Waals surface area contributed by atoms with E-state index in [1.807, 2.05) is 42.5 Å². The number of aliphatic hydroxyl groups is 1. The summed E-state index contributed by atoms with van der Waals surface area (Å²) in [5.41, 5.74) is 3.64. The van der Waals surface area contributed by atoms with Crippen molar-refractivity contribution in [2.45, 2.75) is 56.6 Å². The number of rotatable bonds is 8. The van der Waals surface area contributed by atoms with Crippen LogP contribution in [0, 0.1) is 0 Å². The quantitative estimate of drug-likeness (QED) is 0.304. The molecule has 2 aliphatic rings. The normalized spacial score (nSPS) is 22.9. The number of ether oxygens (including phenoxy) is 1. The van der Waals surface area contributed by atoms with Crippen LogP contribution in [0.2, 0.25) is 0 Å². The number of alkyl halides is 1. The number of hydrogen-bond donors (Lipinski definition) is 1. The molecule has 1 N–H and O–H groups in total. The second-order valence-corrected chi connectivity index (χ2v) is 9.24. The summed E-state index contributed by atoms with van der Waals surface area (Å²) in [6.45, 7) is 2.00. The molecule has 3 nitrogen and oxygen atoms in total. The van der Waals surface area contributed by atoms with Gasteiger partial charge in [0, 0.05) is 18.5 Å². The maximum Gasteiger partial charge on any atom is 0.109 e. The Morgan fingerprint density at radius 2 is 1.55 bits per heavy atom. The van der Waals surface area contributed by atoms with E-state index >= 15 is 0 Å². The summed E-state index contributed by atoms with van der Waals surface area (Å²) in [6, 6.07) is 31.1. The molecule has 2 aliphatic heterocycles. The highest BCUT2D eigenvalue weighted by Gasteiger charge is 2.38. The van der Waals surface area contributed by atoms with E-state index in [1.54, 1.807) is 0 Å². The molecule has 2 saturated heterocycles. The van der Waals surface area contributed by atoms with Gasteiger partial charge in [0.25, 0.3) is 0 Å². The van der Waals surface area contributed by atoms with Crippen LogP contribution in [0.3, 0.4) is 0 Å². The molecule has 0 bridgehead atoms. The minimum absolute atomic E-state index is 0.234. The van der Waals surface area contributed by atoms with Crippen molar-refractivity contribution in [2.24, 2.45) is 0 Å². The Morgan fingerprint density at radius 1 is 0.909 bits per heavy atom. The Balaban J connectivity index is 0.000000172. The van der Waals surface area contributed by atoms with Crippen molar-refractivity contribution >= 4 is 11.6 Å². The van der Waals surface area contributed by atoms with Crippen LogP contribution >= 0.6 is 11.6 Å². The highest BCUT2D eigenvalue weighted by atomic mass is 35.5. The van der Waals surface area contributed by atoms with Gasteiger partial charge in [0.1, 0.15) is 6.10 Å². The molecule has 0 spiro atoms. The summed E-state index contributed by atoms with van der Waals surface area (Å²) in [5.74, 6) is 0.737. The Kier molecular flexibility index (Phi) is 8.96. The Hall–Kier alpha value is -2.17. The molecule has 0 amide bonds. The van der Waals surface area contributed by atoms with Gasteiger partial charge in [-0.2, -0.15) is 0 Å². The summed E-state index contributed by atoms with van der Waals surface area (Å²) in [6.07, 6.45) is 4.75. The molecule has 2 heterocycles. The lowest BCUT2D eigenvalue weighted by molar-refractivity contribution is 0.0688. The van der Waals surface area contributed by atoms with E-state index < -0.39 is 0 Å². The second kappa shape index (κ2) is 12.3. The van der Waals surface area contributed by atoms with Crippen molar-refractivity contribution in [1.29, 1.82) is 0 Å². The fourth-order valence-corrected chi connectivity index (χ4v) is 4.83. The monoisotopic (exact) mass is 463 g/mol. The minimum Gasteiger partial charge on any atom is -0.387 e. The number of likely N-dealkylation sites (tertiary alicyclic amines) is 1. The van der Waals surface area contributed by atoms with Crippen LogP contribution in [0.15, 0.2) is 91.0 Å². The van der Waals surface area contributed by atoms with E-state index in [0.29, 0.717) is 12.2 Å². The third-order valence-corrected chi connectivity index (χ3v) is 6.75. The van der Waals surface area contributed by atoms with Crippen molar-refractivity contribution < 1.29 is 9.84 Å². The number of hydrogen-bond acceptors (Lipinski definition) is 3. The summed E-state index contributed by atoms with van der Waals surface area (Å²) < 4.78 is 5.55. The third-order valence-electron chi connectivity index (χ3n) is 6.48. The highest BCUT2D eigenvalue weighted by Crippen LogP contribution is 2.41. The van der Waals surface area contributed by atoms with E-state index in [9.17, 15) is 5.11 Å². The van der Waals surface area contributed by atoms with Crippen LogP contribution in [-0.2, 0) is 11.3 Å². The van der Waals surface area contributed by atoms with Gasteiger partial charge in [0.15, 0.2) is 0 Å². The van der Waals surface area contributed by atoms with E-state index in [2.05, 4.69) is 53.4 Å². The number of benzene rings is 3. The van der Waals surface area contributed by atoms with Crippen molar-refractivity contribution in [3.63, 3.8) is 0 Å². The first-order valence-corrected chi connectivity index (χ1v) is 12.6. The van der Waals surface area contributed by atoms with Crippen LogP contribution in [0.1, 0.15) is 54.6 Å². The molecule has 174 valence electrons. The topological polar surface area (TPSA) is 36.0 Å². The van der Waals surface area contributed by atoms with E-state index in [-0.39, 0.29) is 12.1 Å². The van der Waals surface area contributed by atoms with Gasteiger partial charge in [0.05, 0.1) is 12.2 Å². The van der Waals surface area contributed by atoms with Gasteiger partial charge in [-0.3, -0.25) is 4.90 Å². The maximum atomic E-state index is 10.6. The van der Waals surface area contributed by atoms with E-state index in [0.717, 1.165) is 43.8 Å². The van der Waals surface area contributed by atoms with Crippen LogP contribution < -0.4 is 0 Å². The molecule has 0 aliphatic carbocycles. The second-order valence-electron chi connectivity index (χ2n) is 8.86. The first-order chi connectivity index (χ1) is 16.3. The van der Waals surface area contributed by atoms with Gasteiger partial charge >= 0.3 is 0 Å². The zero-order valence-electron chi connectivity index (χ0n) is 19.1. The lowest BCUT2D eigenvalue weighted by Crippen LogP contribution is -2.34. The average Bonchev–Trinajstić information content (AvgIpc) is 3.52. The van der Waals surface area contributed by atoms with Crippen LogP contribution in [0.25, 0.3) is 0 Å². The van der Waals surface area contributed by atoms with Gasteiger partial charge in [0.2, 0.25) is 0 Å². The summed E-state index contributed by atoms with van der Waals surface area (Å²) in [7, 11) is 0. The van der Waals surface area contributed by atoms with E-state index in [4.69, 9.17) is 16.3 Å². The number of halogens is 1. The molecule has 0 saturated carbocycles. The molecule has 5 rings (SSSR count). The predicted octanol–water partition coefficient (Wildman–Crippen LogP) is 6.53. The first-order valence-electron chi connectivity index (χ1n) is 12.0. The molecule has 4 heteroatoms. The predicted molar refractivity (Wildman–Crippen MR) is 135 cm³/mol. The highest BCUT2D eigenvalue weighted by molar-refractivity contribution is 6.17. The SMILES string of the molecule is ClCCCC1OC1c1ccccc1.OC(c1ccccc1)C1CCCN1Cc1ccccc1. The number of nitrogens with zero attached hydrogens (tertiary/aromatic N) is 1.